The van der Waals surface area contributed by atoms with Crippen LogP contribution in [0, 0.1) is 5.92 Å². The maximum atomic E-state index is 2.29. The molecule has 0 radical (unpaired) electrons. The fourth-order valence-corrected chi connectivity index (χ4v) is 3.47. The largest absolute Gasteiger partial charge is 0.0861 e. The second-order valence-electron chi connectivity index (χ2n) is 4.77. The molecule has 0 spiro atoms. The molecule has 0 fully saturated rings. The SMILES string of the molecule is CC(C)CCc1ccccc1SSC(C)C. The van der Waals surface area contributed by atoms with Crippen LogP contribution >= 0.6 is 21.6 Å². The van der Waals surface area contributed by atoms with Crippen molar-refractivity contribution in [1.82, 2.24) is 0 Å². The third-order valence-electron chi connectivity index (χ3n) is 2.29. The zero-order chi connectivity index (χ0) is 12.0. The highest BCUT2D eigenvalue weighted by Crippen LogP contribution is 2.36. The number of aryl methyl sites for hydroxylation is 1. The van der Waals surface area contributed by atoms with Gasteiger partial charge in [-0.05, 0) is 30.4 Å². The lowest BCUT2D eigenvalue weighted by Crippen LogP contribution is -1.93. The van der Waals surface area contributed by atoms with Crippen LogP contribution in [0.4, 0.5) is 0 Å². The first kappa shape index (κ1) is 14.0. The van der Waals surface area contributed by atoms with Crippen LogP contribution in [0.15, 0.2) is 29.2 Å². The van der Waals surface area contributed by atoms with Gasteiger partial charge in [-0.1, -0.05) is 67.5 Å². The van der Waals surface area contributed by atoms with Crippen molar-refractivity contribution in [2.24, 2.45) is 5.92 Å². The maximum absolute atomic E-state index is 2.29. The Bertz CT molecular complexity index is 274. The average molecular weight is 254 g/mol. The molecular weight excluding hydrogens is 232 g/mol. The summed E-state index contributed by atoms with van der Waals surface area (Å²) in [6.07, 6.45) is 2.49. The van der Waals surface area contributed by atoms with Gasteiger partial charge >= 0.3 is 0 Å². The van der Waals surface area contributed by atoms with Crippen LogP contribution in [0.5, 0.6) is 0 Å². The summed E-state index contributed by atoms with van der Waals surface area (Å²) >= 11 is 0. The minimum atomic E-state index is 0.683. The van der Waals surface area contributed by atoms with Gasteiger partial charge in [0.2, 0.25) is 0 Å². The number of hydrogen-bond donors (Lipinski definition) is 0. The van der Waals surface area contributed by atoms with Gasteiger partial charge in [0, 0.05) is 10.1 Å². The summed E-state index contributed by atoms with van der Waals surface area (Å²) in [6, 6.07) is 8.81. The molecule has 0 N–H and O–H groups in total. The van der Waals surface area contributed by atoms with E-state index >= 15 is 0 Å². The molecule has 0 aromatic heterocycles. The van der Waals surface area contributed by atoms with Gasteiger partial charge in [0.05, 0.1) is 0 Å². The summed E-state index contributed by atoms with van der Waals surface area (Å²) in [5.74, 6) is 0.788. The van der Waals surface area contributed by atoms with Gasteiger partial charge in [-0.3, -0.25) is 0 Å². The van der Waals surface area contributed by atoms with Crippen LogP contribution in [0.2, 0.25) is 0 Å². The molecule has 0 nitrogen and oxygen atoms in total. The molecule has 0 aliphatic rings. The summed E-state index contributed by atoms with van der Waals surface area (Å²) in [5.41, 5.74) is 1.51. The maximum Gasteiger partial charge on any atom is 0.0214 e. The predicted molar refractivity (Wildman–Crippen MR) is 78.2 cm³/mol. The van der Waals surface area contributed by atoms with Crippen LogP contribution in [0.1, 0.15) is 39.7 Å². The van der Waals surface area contributed by atoms with E-state index in [2.05, 4.69) is 52.0 Å². The van der Waals surface area contributed by atoms with Crippen LogP contribution in [0.3, 0.4) is 0 Å². The van der Waals surface area contributed by atoms with Crippen molar-refractivity contribution < 1.29 is 0 Å². The first-order valence-corrected chi connectivity index (χ1v) is 8.22. The summed E-state index contributed by atoms with van der Waals surface area (Å²) in [6.45, 7) is 9.07. The highest BCUT2D eigenvalue weighted by molar-refractivity contribution is 8.76. The lowest BCUT2D eigenvalue weighted by molar-refractivity contribution is 0.584. The minimum Gasteiger partial charge on any atom is -0.0861 e. The molecule has 0 amide bonds. The zero-order valence-corrected chi connectivity index (χ0v) is 12.3. The Morgan fingerprint density at radius 3 is 2.38 bits per heavy atom. The van der Waals surface area contributed by atoms with Gasteiger partial charge in [-0.15, -0.1) is 0 Å². The zero-order valence-electron chi connectivity index (χ0n) is 10.7. The van der Waals surface area contributed by atoms with E-state index in [1.54, 1.807) is 0 Å². The smallest absolute Gasteiger partial charge is 0.0214 e. The van der Waals surface area contributed by atoms with Crippen molar-refractivity contribution in [3.05, 3.63) is 29.8 Å². The Morgan fingerprint density at radius 2 is 1.75 bits per heavy atom. The molecule has 0 heterocycles. The fraction of sp³-hybridized carbons (Fsp3) is 0.571. The second-order valence-corrected chi connectivity index (χ2v) is 7.59. The van der Waals surface area contributed by atoms with Crippen molar-refractivity contribution in [3.63, 3.8) is 0 Å². The predicted octanol–water partition coefficient (Wildman–Crippen LogP) is 5.42. The molecule has 0 aliphatic carbocycles. The summed E-state index contributed by atoms with van der Waals surface area (Å²) < 4.78 is 0. The fourth-order valence-electron chi connectivity index (χ4n) is 1.38. The van der Waals surface area contributed by atoms with Crippen molar-refractivity contribution in [2.45, 2.75) is 50.7 Å². The van der Waals surface area contributed by atoms with E-state index in [-0.39, 0.29) is 0 Å². The Balaban J connectivity index is 2.60. The van der Waals surface area contributed by atoms with Gasteiger partial charge in [-0.25, -0.2) is 0 Å². The quantitative estimate of drug-likeness (QED) is 0.621. The van der Waals surface area contributed by atoms with Crippen LogP contribution in [-0.2, 0) is 6.42 Å². The molecule has 90 valence electrons. The van der Waals surface area contributed by atoms with E-state index in [1.807, 2.05) is 21.6 Å². The minimum absolute atomic E-state index is 0.683. The van der Waals surface area contributed by atoms with Crippen molar-refractivity contribution >= 4 is 21.6 Å². The molecule has 0 bridgehead atoms. The summed E-state index contributed by atoms with van der Waals surface area (Å²) in [4.78, 5) is 1.45. The second kappa shape index (κ2) is 7.29. The molecule has 0 aliphatic heterocycles. The monoisotopic (exact) mass is 254 g/mol. The Kier molecular flexibility index (Phi) is 6.37. The van der Waals surface area contributed by atoms with E-state index in [0.717, 1.165) is 5.92 Å². The van der Waals surface area contributed by atoms with Gasteiger partial charge in [-0.2, -0.15) is 0 Å². The standard InChI is InChI=1S/C14H22S2/c1-11(2)9-10-13-7-5-6-8-14(13)16-15-12(3)4/h5-8,11-12H,9-10H2,1-4H3. The van der Waals surface area contributed by atoms with Crippen molar-refractivity contribution in [2.75, 3.05) is 0 Å². The van der Waals surface area contributed by atoms with Crippen LogP contribution in [-0.4, -0.2) is 5.25 Å². The molecule has 1 rings (SSSR count). The lowest BCUT2D eigenvalue weighted by Gasteiger charge is -2.11. The van der Waals surface area contributed by atoms with Crippen molar-refractivity contribution in [3.8, 4) is 0 Å². The van der Waals surface area contributed by atoms with Gasteiger partial charge in [0.1, 0.15) is 0 Å². The van der Waals surface area contributed by atoms with E-state index < -0.39 is 0 Å². The van der Waals surface area contributed by atoms with Gasteiger partial charge in [0.25, 0.3) is 0 Å². The first-order valence-electron chi connectivity index (χ1n) is 6.01. The molecule has 0 atom stereocenters. The molecule has 0 unspecified atom stereocenters. The van der Waals surface area contributed by atoms with E-state index in [1.165, 1.54) is 23.3 Å². The molecule has 0 saturated carbocycles. The van der Waals surface area contributed by atoms with Crippen LogP contribution in [0.25, 0.3) is 0 Å². The molecule has 1 aromatic rings. The topological polar surface area (TPSA) is 0 Å². The lowest BCUT2D eigenvalue weighted by atomic mass is 10.0. The third-order valence-corrected chi connectivity index (χ3v) is 5.33. The molecule has 0 saturated heterocycles. The van der Waals surface area contributed by atoms with Gasteiger partial charge < -0.3 is 0 Å². The summed E-state index contributed by atoms with van der Waals surface area (Å²) in [7, 11) is 3.87. The Hall–Kier alpha value is -0.0800. The first-order chi connectivity index (χ1) is 7.59. The third kappa shape index (κ3) is 5.31. The number of hydrogen-bond acceptors (Lipinski definition) is 2. The Morgan fingerprint density at radius 1 is 1.06 bits per heavy atom. The highest BCUT2D eigenvalue weighted by atomic mass is 33.1. The van der Waals surface area contributed by atoms with E-state index in [0.29, 0.717) is 5.25 Å². The summed E-state index contributed by atoms with van der Waals surface area (Å²) in [5, 5.41) is 0.683. The normalized spacial score (nSPS) is 11.4. The Labute approximate surface area is 108 Å². The van der Waals surface area contributed by atoms with Gasteiger partial charge in [0.15, 0.2) is 0 Å². The van der Waals surface area contributed by atoms with E-state index in [4.69, 9.17) is 0 Å². The molecule has 2 heteroatoms. The highest BCUT2D eigenvalue weighted by Gasteiger charge is 2.05. The average Bonchev–Trinajstić information content (AvgIpc) is 2.24. The van der Waals surface area contributed by atoms with Crippen molar-refractivity contribution in [1.29, 1.82) is 0 Å². The molecular formula is C14H22S2. The number of rotatable bonds is 6. The van der Waals surface area contributed by atoms with Crippen LogP contribution < -0.4 is 0 Å². The molecule has 1 aromatic carbocycles. The molecule has 16 heavy (non-hydrogen) atoms. The van der Waals surface area contributed by atoms with E-state index in [9.17, 15) is 0 Å². The number of benzene rings is 1.